The van der Waals surface area contributed by atoms with Gasteiger partial charge < -0.3 is 9.68 Å². The van der Waals surface area contributed by atoms with E-state index in [-0.39, 0.29) is 5.60 Å². The first-order valence-corrected chi connectivity index (χ1v) is 4.78. The minimum Gasteiger partial charge on any atom is -0.423 e. The number of aromatic amines is 1. The minimum atomic E-state index is -0.911. The molecule has 0 radical (unpaired) electrons. The molecule has 5 heteroatoms. The Morgan fingerprint density at radius 3 is 2.64 bits per heavy atom. The van der Waals surface area contributed by atoms with Gasteiger partial charge in [0.2, 0.25) is 0 Å². The number of H-pyrrole nitrogens is 1. The Labute approximate surface area is 84.8 Å². The van der Waals surface area contributed by atoms with Crippen molar-refractivity contribution in [2.75, 3.05) is 0 Å². The molecule has 2 N–H and O–H groups in total. The van der Waals surface area contributed by atoms with E-state index in [9.17, 15) is 5.02 Å². The lowest BCUT2D eigenvalue weighted by Gasteiger charge is -2.31. The van der Waals surface area contributed by atoms with Gasteiger partial charge in [-0.15, -0.1) is 0 Å². The molecular weight excluding hydrogens is 179 g/mol. The lowest BCUT2D eigenvalue weighted by atomic mass is 9.79. The van der Waals surface area contributed by atoms with Gasteiger partial charge in [-0.3, -0.25) is 5.10 Å². The Morgan fingerprint density at radius 1 is 1.57 bits per heavy atom. The fourth-order valence-corrected chi connectivity index (χ4v) is 0.888. The third-order valence-corrected chi connectivity index (χ3v) is 2.61. The topological polar surface area (TPSA) is 58.1 Å². The standard InChI is InChI=1S/C9H17BN2O2/c1-7(2)9(3,4)14-10(13)8-5-11-12-6-8/h5-7,13H,1-4H3,(H,11,12). The maximum Gasteiger partial charge on any atom is 0.494 e. The van der Waals surface area contributed by atoms with E-state index in [0.717, 1.165) is 0 Å². The second-order valence-corrected chi connectivity index (χ2v) is 4.26. The largest absolute Gasteiger partial charge is 0.494 e. The van der Waals surface area contributed by atoms with E-state index in [1.165, 1.54) is 0 Å². The summed E-state index contributed by atoms with van der Waals surface area (Å²) in [4.78, 5) is 0. The van der Waals surface area contributed by atoms with E-state index in [2.05, 4.69) is 24.0 Å². The molecule has 0 saturated carbocycles. The summed E-state index contributed by atoms with van der Waals surface area (Å²) in [5, 5.41) is 16.1. The third-order valence-electron chi connectivity index (χ3n) is 2.61. The first kappa shape index (κ1) is 11.3. The predicted octanol–water partition coefficient (Wildman–Crippen LogP) is 0.548. The average molecular weight is 196 g/mol. The molecule has 4 nitrogen and oxygen atoms in total. The van der Waals surface area contributed by atoms with E-state index in [1.54, 1.807) is 12.4 Å². The maximum absolute atomic E-state index is 9.71. The molecule has 0 bridgehead atoms. The van der Waals surface area contributed by atoms with Crippen molar-refractivity contribution in [1.29, 1.82) is 0 Å². The van der Waals surface area contributed by atoms with Crippen molar-refractivity contribution in [3.63, 3.8) is 0 Å². The zero-order valence-corrected chi connectivity index (χ0v) is 9.11. The van der Waals surface area contributed by atoms with Crippen molar-refractivity contribution in [3.05, 3.63) is 12.4 Å². The predicted molar refractivity (Wildman–Crippen MR) is 56.2 cm³/mol. The van der Waals surface area contributed by atoms with E-state index < -0.39 is 7.12 Å². The summed E-state index contributed by atoms with van der Waals surface area (Å²) < 4.78 is 5.54. The third kappa shape index (κ3) is 2.59. The van der Waals surface area contributed by atoms with Gasteiger partial charge in [-0.1, -0.05) is 13.8 Å². The molecule has 78 valence electrons. The van der Waals surface area contributed by atoms with Gasteiger partial charge in [-0.25, -0.2) is 0 Å². The van der Waals surface area contributed by atoms with Gasteiger partial charge >= 0.3 is 7.12 Å². The van der Waals surface area contributed by atoms with Crippen molar-refractivity contribution < 1.29 is 9.68 Å². The Hall–Kier alpha value is -0.805. The van der Waals surface area contributed by atoms with Crippen molar-refractivity contribution in [1.82, 2.24) is 10.2 Å². The van der Waals surface area contributed by atoms with Crippen molar-refractivity contribution in [2.24, 2.45) is 5.92 Å². The summed E-state index contributed by atoms with van der Waals surface area (Å²) >= 11 is 0. The van der Waals surface area contributed by atoms with Crippen LogP contribution in [0.1, 0.15) is 27.7 Å². The summed E-state index contributed by atoms with van der Waals surface area (Å²) in [6.45, 7) is 8.03. The van der Waals surface area contributed by atoms with Gasteiger partial charge in [0.25, 0.3) is 0 Å². The molecular formula is C9H17BN2O2. The van der Waals surface area contributed by atoms with Gasteiger partial charge in [-0.2, -0.15) is 5.10 Å². The molecule has 0 atom stereocenters. The molecule has 0 aliphatic carbocycles. The van der Waals surface area contributed by atoms with E-state index in [1.807, 2.05) is 13.8 Å². The summed E-state index contributed by atoms with van der Waals surface area (Å²) in [7, 11) is -0.911. The van der Waals surface area contributed by atoms with Crippen molar-refractivity contribution in [3.8, 4) is 0 Å². The van der Waals surface area contributed by atoms with Crippen LogP contribution in [0.5, 0.6) is 0 Å². The van der Waals surface area contributed by atoms with Crippen LogP contribution in [0.25, 0.3) is 0 Å². The average Bonchev–Trinajstić information content (AvgIpc) is 2.54. The SMILES string of the molecule is CC(C)C(C)(C)OB(O)c1cn[nH]c1. The van der Waals surface area contributed by atoms with Crippen LogP contribution in [-0.4, -0.2) is 27.9 Å². The fourth-order valence-electron chi connectivity index (χ4n) is 0.888. The molecule has 0 amide bonds. The molecule has 1 rings (SSSR count). The van der Waals surface area contributed by atoms with Crippen molar-refractivity contribution in [2.45, 2.75) is 33.3 Å². The Balaban J connectivity index is 2.61. The number of hydrogen-bond acceptors (Lipinski definition) is 3. The maximum atomic E-state index is 9.71. The van der Waals surface area contributed by atoms with E-state index in [0.29, 0.717) is 11.4 Å². The highest BCUT2D eigenvalue weighted by molar-refractivity contribution is 6.59. The van der Waals surface area contributed by atoms with Crippen LogP contribution in [0, 0.1) is 5.92 Å². The summed E-state index contributed by atoms with van der Waals surface area (Å²) in [6.07, 6.45) is 3.18. The Bertz CT molecular complexity index is 272. The molecule has 0 unspecified atom stereocenters. The molecule has 0 aliphatic rings. The van der Waals surface area contributed by atoms with Crippen LogP contribution < -0.4 is 5.46 Å². The first-order valence-electron chi connectivity index (χ1n) is 4.78. The Kier molecular flexibility index (Phi) is 3.34. The van der Waals surface area contributed by atoms with Crippen LogP contribution in [0.2, 0.25) is 0 Å². The molecule has 0 fully saturated rings. The highest BCUT2D eigenvalue weighted by Gasteiger charge is 2.30. The van der Waals surface area contributed by atoms with Gasteiger partial charge in [-0.05, 0) is 19.8 Å². The normalized spacial score (nSPS) is 12.1. The number of nitrogens with one attached hydrogen (secondary N) is 1. The Morgan fingerprint density at radius 2 is 2.21 bits per heavy atom. The lowest BCUT2D eigenvalue weighted by Crippen LogP contribution is -2.43. The fraction of sp³-hybridized carbons (Fsp3) is 0.667. The van der Waals surface area contributed by atoms with Gasteiger partial charge in [0, 0.05) is 17.9 Å². The molecule has 1 aromatic rings. The van der Waals surface area contributed by atoms with Crippen LogP contribution in [0.15, 0.2) is 12.4 Å². The first-order chi connectivity index (χ1) is 6.43. The summed E-state index contributed by atoms with van der Waals surface area (Å²) in [5.41, 5.74) is 0.301. The number of nitrogens with zero attached hydrogens (tertiary/aromatic N) is 1. The zero-order chi connectivity index (χ0) is 10.8. The quantitative estimate of drug-likeness (QED) is 0.691. The smallest absolute Gasteiger partial charge is 0.423 e. The lowest BCUT2D eigenvalue weighted by molar-refractivity contribution is 0.0423. The molecule has 0 aliphatic heterocycles. The molecule has 1 heterocycles. The summed E-state index contributed by atoms with van der Waals surface area (Å²) in [6, 6.07) is 0. The zero-order valence-electron chi connectivity index (χ0n) is 9.11. The van der Waals surface area contributed by atoms with E-state index in [4.69, 9.17) is 4.65 Å². The van der Waals surface area contributed by atoms with Gasteiger partial charge in [0.1, 0.15) is 0 Å². The molecule has 0 aromatic carbocycles. The molecule has 14 heavy (non-hydrogen) atoms. The van der Waals surface area contributed by atoms with Crippen LogP contribution in [-0.2, 0) is 4.65 Å². The number of aromatic nitrogens is 2. The molecule has 0 spiro atoms. The molecule has 1 aromatic heterocycles. The second kappa shape index (κ2) is 4.15. The minimum absolute atomic E-state index is 0.337. The van der Waals surface area contributed by atoms with E-state index >= 15 is 0 Å². The monoisotopic (exact) mass is 196 g/mol. The van der Waals surface area contributed by atoms with Crippen LogP contribution in [0.3, 0.4) is 0 Å². The van der Waals surface area contributed by atoms with Gasteiger partial charge in [0.15, 0.2) is 0 Å². The van der Waals surface area contributed by atoms with Gasteiger partial charge in [0.05, 0.1) is 5.60 Å². The van der Waals surface area contributed by atoms with Crippen molar-refractivity contribution >= 4 is 12.6 Å². The molecule has 0 saturated heterocycles. The highest BCUT2D eigenvalue weighted by atomic mass is 16.5. The number of rotatable bonds is 4. The number of hydrogen-bond donors (Lipinski definition) is 2. The highest BCUT2D eigenvalue weighted by Crippen LogP contribution is 2.20. The van der Waals surface area contributed by atoms with Crippen LogP contribution >= 0.6 is 0 Å². The summed E-state index contributed by atoms with van der Waals surface area (Å²) in [5.74, 6) is 0.337. The van der Waals surface area contributed by atoms with Crippen LogP contribution in [0.4, 0.5) is 0 Å². The second-order valence-electron chi connectivity index (χ2n) is 4.26.